The third kappa shape index (κ3) is 2.65. The van der Waals surface area contributed by atoms with E-state index in [1.54, 1.807) is 13.3 Å². The Morgan fingerprint density at radius 1 is 1.04 bits per heavy atom. The number of hydrogen-bond donors (Lipinski definition) is 1. The smallest absolute Gasteiger partial charge is 0.273 e. The molecular formula is C20H18N4O2. The standard InChI is InChI=1S/C20H18N4O2/c1-12-4-5-15(11-21-12)17-10-18(25)24-20(22-17)13(2)19(23-24)14-6-8-16(26-3)9-7-14/h4-11,23H,1-3H3. The summed E-state index contributed by atoms with van der Waals surface area (Å²) in [5.41, 5.74) is 5.54. The van der Waals surface area contributed by atoms with Crippen LogP contribution in [0.5, 0.6) is 5.75 Å². The van der Waals surface area contributed by atoms with Gasteiger partial charge in [0.05, 0.1) is 18.5 Å². The minimum atomic E-state index is -0.159. The molecule has 0 saturated heterocycles. The van der Waals surface area contributed by atoms with Crippen LogP contribution in [0.3, 0.4) is 0 Å². The Morgan fingerprint density at radius 3 is 2.42 bits per heavy atom. The highest BCUT2D eigenvalue weighted by atomic mass is 16.5. The van der Waals surface area contributed by atoms with E-state index in [2.05, 4.69) is 15.1 Å². The van der Waals surface area contributed by atoms with Crippen molar-refractivity contribution >= 4 is 5.65 Å². The number of nitrogens with zero attached hydrogens (tertiary/aromatic N) is 3. The molecule has 0 aliphatic carbocycles. The Morgan fingerprint density at radius 2 is 1.77 bits per heavy atom. The third-order valence-corrected chi connectivity index (χ3v) is 4.44. The maximum Gasteiger partial charge on any atom is 0.273 e. The molecule has 26 heavy (non-hydrogen) atoms. The van der Waals surface area contributed by atoms with E-state index < -0.39 is 0 Å². The van der Waals surface area contributed by atoms with Crippen molar-refractivity contribution in [3.63, 3.8) is 0 Å². The summed E-state index contributed by atoms with van der Waals surface area (Å²) in [5.74, 6) is 0.784. The minimum absolute atomic E-state index is 0.159. The van der Waals surface area contributed by atoms with E-state index in [1.807, 2.05) is 50.2 Å². The number of benzene rings is 1. The fourth-order valence-electron chi connectivity index (χ4n) is 2.96. The molecule has 0 atom stereocenters. The molecule has 4 aromatic rings. The van der Waals surface area contributed by atoms with Crippen molar-refractivity contribution in [3.8, 4) is 28.3 Å². The van der Waals surface area contributed by atoms with E-state index in [1.165, 1.54) is 10.6 Å². The van der Waals surface area contributed by atoms with Crippen molar-refractivity contribution in [1.29, 1.82) is 0 Å². The Kier molecular flexibility index (Phi) is 3.80. The van der Waals surface area contributed by atoms with Crippen LogP contribution in [0.25, 0.3) is 28.2 Å². The van der Waals surface area contributed by atoms with E-state index in [4.69, 9.17) is 4.74 Å². The molecule has 0 fully saturated rings. The summed E-state index contributed by atoms with van der Waals surface area (Å²) in [6.45, 7) is 3.88. The van der Waals surface area contributed by atoms with Crippen LogP contribution in [0.1, 0.15) is 11.3 Å². The summed E-state index contributed by atoms with van der Waals surface area (Å²) >= 11 is 0. The van der Waals surface area contributed by atoms with Gasteiger partial charge in [0.1, 0.15) is 5.75 Å². The summed E-state index contributed by atoms with van der Waals surface area (Å²) in [7, 11) is 1.63. The quantitative estimate of drug-likeness (QED) is 0.617. The number of pyridine rings is 1. The summed E-state index contributed by atoms with van der Waals surface area (Å²) < 4.78 is 6.67. The number of methoxy groups -OCH3 is 1. The van der Waals surface area contributed by atoms with Crippen LogP contribution in [0.4, 0.5) is 0 Å². The van der Waals surface area contributed by atoms with E-state index in [9.17, 15) is 4.79 Å². The molecule has 3 aromatic heterocycles. The van der Waals surface area contributed by atoms with E-state index in [0.29, 0.717) is 11.3 Å². The molecule has 0 aliphatic heterocycles. The van der Waals surface area contributed by atoms with Gasteiger partial charge in [0, 0.05) is 34.6 Å². The van der Waals surface area contributed by atoms with Crippen molar-refractivity contribution in [2.24, 2.45) is 0 Å². The number of ether oxygens (including phenoxy) is 1. The number of aryl methyl sites for hydroxylation is 2. The second-order valence-corrected chi connectivity index (χ2v) is 6.17. The van der Waals surface area contributed by atoms with E-state index >= 15 is 0 Å². The average molecular weight is 346 g/mol. The molecule has 0 unspecified atom stereocenters. The summed E-state index contributed by atoms with van der Waals surface area (Å²) in [6, 6.07) is 13.0. The predicted molar refractivity (Wildman–Crippen MR) is 101 cm³/mol. The number of H-pyrrole nitrogens is 1. The van der Waals surface area contributed by atoms with Crippen LogP contribution in [0, 0.1) is 13.8 Å². The van der Waals surface area contributed by atoms with Crippen molar-refractivity contribution in [2.45, 2.75) is 13.8 Å². The van der Waals surface area contributed by atoms with Gasteiger partial charge in [-0.1, -0.05) is 0 Å². The molecular weight excluding hydrogens is 328 g/mol. The maximum absolute atomic E-state index is 12.6. The van der Waals surface area contributed by atoms with Crippen LogP contribution in [0.2, 0.25) is 0 Å². The van der Waals surface area contributed by atoms with Gasteiger partial charge in [-0.15, -0.1) is 0 Å². The second-order valence-electron chi connectivity index (χ2n) is 6.17. The molecule has 0 amide bonds. The first-order chi connectivity index (χ1) is 12.6. The summed E-state index contributed by atoms with van der Waals surface area (Å²) in [5, 5.41) is 3.16. The molecule has 3 heterocycles. The first-order valence-corrected chi connectivity index (χ1v) is 8.26. The minimum Gasteiger partial charge on any atom is -0.497 e. The topological polar surface area (TPSA) is 72.3 Å². The van der Waals surface area contributed by atoms with Crippen molar-refractivity contribution < 1.29 is 4.74 Å². The molecule has 4 rings (SSSR count). The van der Waals surface area contributed by atoms with Crippen LogP contribution >= 0.6 is 0 Å². The number of rotatable bonds is 3. The molecule has 6 heteroatoms. The monoisotopic (exact) mass is 346 g/mol. The lowest BCUT2D eigenvalue weighted by molar-refractivity contribution is 0.415. The Bertz CT molecular complexity index is 1140. The lowest BCUT2D eigenvalue weighted by Gasteiger charge is -2.02. The number of hydrogen-bond acceptors (Lipinski definition) is 4. The molecule has 130 valence electrons. The van der Waals surface area contributed by atoms with Gasteiger partial charge in [-0.3, -0.25) is 14.9 Å². The predicted octanol–water partition coefficient (Wildman–Crippen LogP) is 3.38. The fraction of sp³-hybridized carbons (Fsp3) is 0.150. The van der Waals surface area contributed by atoms with Gasteiger partial charge in [-0.2, -0.15) is 0 Å². The Hall–Kier alpha value is -3.41. The SMILES string of the molecule is COc1ccc(-c2[nH]n3c(=O)cc(-c4ccc(C)nc4)nc3c2C)cc1. The van der Waals surface area contributed by atoms with Crippen LogP contribution in [-0.2, 0) is 0 Å². The lowest BCUT2D eigenvalue weighted by Crippen LogP contribution is -2.14. The highest BCUT2D eigenvalue weighted by molar-refractivity contribution is 5.72. The normalized spacial score (nSPS) is 11.0. The maximum atomic E-state index is 12.6. The first-order valence-electron chi connectivity index (χ1n) is 8.26. The Labute approximate surface area is 150 Å². The average Bonchev–Trinajstić information content (AvgIpc) is 3.00. The van der Waals surface area contributed by atoms with Gasteiger partial charge in [-0.25, -0.2) is 9.50 Å². The largest absolute Gasteiger partial charge is 0.497 e. The van der Waals surface area contributed by atoms with Gasteiger partial charge >= 0.3 is 0 Å². The molecule has 0 spiro atoms. The van der Waals surface area contributed by atoms with Crippen molar-refractivity contribution in [3.05, 3.63) is 70.3 Å². The zero-order valence-corrected chi connectivity index (χ0v) is 14.8. The summed E-state index contributed by atoms with van der Waals surface area (Å²) in [6.07, 6.45) is 1.74. The Balaban J connectivity index is 1.87. The highest BCUT2D eigenvalue weighted by Gasteiger charge is 2.14. The molecule has 0 saturated carbocycles. The lowest BCUT2D eigenvalue weighted by atomic mass is 10.1. The highest BCUT2D eigenvalue weighted by Crippen LogP contribution is 2.26. The first kappa shape index (κ1) is 16.1. The van der Waals surface area contributed by atoms with Crippen molar-refractivity contribution in [1.82, 2.24) is 19.6 Å². The van der Waals surface area contributed by atoms with Crippen LogP contribution in [0.15, 0.2) is 53.5 Å². The molecule has 0 radical (unpaired) electrons. The molecule has 1 N–H and O–H groups in total. The van der Waals surface area contributed by atoms with Gasteiger partial charge in [-0.05, 0) is 50.2 Å². The fourth-order valence-corrected chi connectivity index (χ4v) is 2.96. The van der Waals surface area contributed by atoms with Gasteiger partial charge < -0.3 is 4.74 Å². The molecule has 6 nitrogen and oxygen atoms in total. The van der Waals surface area contributed by atoms with Crippen molar-refractivity contribution in [2.75, 3.05) is 7.11 Å². The van der Waals surface area contributed by atoms with E-state index in [0.717, 1.165) is 33.8 Å². The van der Waals surface area contributed by atoms with Gasteiger partial charge in [0.15, 0.2) is 5.65 Å². The summed E-state index contributed by atoms with van der Waals surface area (Å²) in [4.78, 5) is 21.6. The molecule has 1 aromatic carbocycles. The number of nitrogens with one attached hydrogen (secondary N) is 1. The van der Waals surface area contributed by atoms with Gasteiger partial charge in [0.2, 0.25) is 0 Å². The zero-order valence-electron chi connectivity index (χ0n) is 14.8. The van der Waals surface area contributed by atoms with Gasteiger partial charge in [0.25, 0.3) is 5.56 Å². The second kappa shape index (κ2) is 6.15. The number of aromatic amines is 1. The number of fused-ring (bicyclic) bond motifs is 1. The molecule has 0 aliphatic rings. The van der Waals surface area contributed by atoms with Crippen LogP contribution < -0.4 is 10.3 Å². The van der Waals surface area contributed by atoms with Crippen LogP contribution in [-0.4, -0.2) is 26.7 Å². The molecule has 0 bridgehead atoms. The third-order valence-electron chi connectivity index (χ3n) is 4.44. The number of aromatic nitrogens is 4. The zero-order chi connectivity index (χ0) is 18.3. The van der Waals surface area contributed by atoms with E-state index in [-0.39, 0.29) is 5.56 Å².